The summed E-state index contributed by atoms with van der Waals surface area (Å²) in [4.78, 5) is 40.8. The number of esters is 1. The van der Waals surface area contributed by atoms with Gasteiger partial charge in [-0.05, 0) is 68.0 Å². The van der Waals surface area contributed by atoms with Gasteiger partial charge >= 0.3 is 12.1 Å². The molecule has 2 atom stereocenters. The first-order chi connectivity index (χ1) is 13.9. The minimum Gasteiger partial charge on any atom is -0.516 e. The Morgan fingerprint density at radius 1 is 1.19 bits per heavy atom. The van der Waals surface area contributed by atoms with Crippen LogP contribution in [0.1, 0.15) is 33.3 Å². The van der Waals surface area contributed by atoms with Crippen LogP contribution in [0, 0.1) is 10.1 Å². The van der Waals surface area contributed by atoms with E-state index in [0.717, 1.165) is 9.13 Å². The number of methoxy groups -OCH3 is 1. The van der Waals surface area contributed by atoms with Crippen LogP contribution >= 0.6 is 22.6 Å². The second-order valence-electron chi connectivity index (χ2n) is 7.86. The Kier molecular flexibility index (Phi) is 12.6. The summed E-state index contributed by atoms with van der Waals surface area (Å²) >= 11 is 2.19. The van der Waals surface area contributed by atoms with Crippen LogP contribution in [0.15, 0.2) is 30.3 Å². The molecule has 1 aromatic rings. The molecule has 173 valence electrons. The zero-order chi connectivity index (χ0) is 23.1. The molecule has 0 spiro atoms. The predicted octanol–water partition coefficient (Wildman–Crippen LogP) is 3.45. The van der Waals surface area contributed by atoms with Crippen molar-refractivity contribution in [3.8, 4) is 0 Å². The van der Waals surface area contributed by atoms with E-state index in [1.807, 2.05) is 24.3 Å². The third-order valence-electron chi connectivity index (χ3n) is 4.37. The molecule has 0 aliphatic carbocycles. The molecule has 9 heteroatoms. The molecular weight excluding hydrogens is 685 g/mol. The first-order valence-corrected chi connectivity index (χ1v) is 10.6. The van der Waals surface area contributed by atoms with Gasteiger partial charge in [0.15, 0.2) is 0 Å². The quantitative estimate of drug-likeness (QED) is 0.235. The average Bonchev–Trinajstić information content (AvgIpc) is 2.68. The summed E-state index contributed by atoms with van der Waals surface area (Å²) in [6.45, 7) is 12.4. The van der Waals surface area contributed by atoms with Crippen molar-refractivity contribution in [1.29, 1.82) is 0 Å². The maximum Gasteiger partial charge on any atom is 0.410 e. The van der Waals surface area contributed by atoms with E-state index in [9.17, 15) is 14.4 Å². The third-order valence-corrected chi connectivity index (χ3v) is 5.09. The summed E-state index contributed by atoms with van der Waals surface area (Å²) in [5, 5.41) is 0. The molecule has 0 fully saturated rings. The van der Waals surface area contributed by atoms with Crippen LogP contribution in [0.4, 0.5) is 4.79 Å². The number of rotatable bonds is 8. The summed E-state index contributed by atoms with van der Waals surface area (Å²) in [6, 6.07) is 5.88. The van der Waals surface area contributed by atoms with Gasteiger partial charge in [0.25, 0.3) is 0 Å². The number of ether oxygens (including phenoxy) is 2. The first-order valence-electron chi connectivity index (χ1n) is 9.53. The smallest absolute Gasteiger partial charge is 0.410 e. The van der Waals surface area contributed by atoms with Gasteiger partial charge < -0.3 is 21.0 Å². The summed E-state index contributed by atoms with van der Waals surface area (Å²) in [5.41, 5.74) is 0.151. The molecule has 0 aliphatic heterocycles. The van der Waals surface area contributed by atoms with Crippen molar-refractivity contribution in [2.24, 2.45) is 0 Å². The van der Waals surface area contributed by atoms with Gasteiger partial charge in [-0.25, -0.2) is 9.59 Å². The van der Waals surface area contributed by atoms with Gasteiger partial charge in [-0.2, -0.15) is 0 Å². The molecule has 0 heterocycles. The number of carbonyl (C=O) groups excluding carboxylic acids is 3. The van der Waals surface area contributed by atoms with Crippen LogP contribution in [0.5, 0.6) is 0 Å². The summed E-state index contributed by atoms with van der Waals surface area (Å²) < 4.78 is 11.3. The number of halogens is 1. The van der Waals surface area contributed by atoms with Gasteiger partial charge in [-0.15, -0.1) is 0 Å². The number of amides is 2. The normalized spacial score (nSPS) is 12.6. The fourth-order valence-electron chi connectivity index (χ4n) is 2.74. The summed E-state index contributed by atoms with van der Waals surface area (Å²) in [6.07, 6.45) is 0.904. The van der Waals surface area contributed by atoms with Crippen molar-refractivity contribution in [3.05, 3.63) is 46.1 Å². The Morgan fingerprint density at radius 3 is 2.19 bits per heavy atom. The van der Waals surface area contributed by atoms with Gasteiger partial charge in [0, 0.05) is 44.0 Å². The molecule has 0 saturated carbocycles. The van der Waals surface area contributed by atoms with Crippen molar-refractivity contribution >= 4 is 40.6 Å². The van der Waals surface area contributed by atoms with Crippen LogP contribution in [0.3, 0.4) is 0 Å². The monoisotopic (exact) mass is 716 g/mol. The Balaban J connectivity index is 0.00000900. The van der Waals surface area contributed by atoms with Crippen molar-refractivity contribution in [2.45, 2.75) is 51.8 Å². The maximum atomic E-state index is 13.5. The average molecular weight is 716 g/mol. The van der Waals surface area contributed by atoms with Crippen LogP contribution in [-0.4, -0.2) is 66.2 Å². The Morgan fingerprint density at radius 2 is 1.74 bits per heavy atom. The predicted molar refractivity (Wildman–Crippen MR) is 123 cm³/mol. The molecule has 1 unspecified atom stereocenters. The van der Waals surface area contributed by atoms with E-state index < -0.39 is 35.7 Å². The maximum absolute atomic E-state index is 13.5. The SMILES string of the molecule is [CH-]=CCN(C(=O)[C@H](Cc1ccc(I)cc1)N(C)C(=O)OC(C)(C)C)C(C)C(=O)OC.[Re]. The number of likely N-dealkylation sites (N-methyl/N-ethyl adjacent to an activating group) is 1. The zero-order valence-electron chi connectivity index (χ0n) is 18.7. The molecule has 1 radical (unpaired) electrons. The second-order valence-corrected chi connectivity index (χ2v) is 9.11. The summed E-state index contributed by atoms with van der Waals surface area (Å²) in [5.74, 6) is -1.00. The number of benzene rings is 1. The standard InChI is InChI=1S/C22H30IN2O5.Re/c1-8-13-25(15(2)20(27)29-7)19(26)18(14-16-9-11-17(23)12-10-16)24(6)21(28)30-22(3,4)5;/h1,8-12,15,18H,13-14H2,2-7H3;/q-1;/t15?,18-;/m0./s1. The van der Waals surface area contributed by atoms with Gasteiger partial charge in [0.05, 0.1) is 7.11 Å². The number of hydrogen-bond donors (Lipinski definition) is 0. The van der Waals surface area contributed by atoms with E-state index in [0.29, 0.717) is 0 Å². The minimum absolute atomic E-state index is 0. The molecule has 0 saturated heterocycles. The zero-order valence-corrected chi connectivity index (χ0v) is 23.6. The third kappa shape index (κ3) is 9.30. The van der Waals surface area contributed by atoms with Crippen molar-refractivity contribution < 1.29 is 44.3 Å². The van der Waals surface area contributed by atoms with E-state index in [1.165, 1.54) is 30.0 Å². The Labute approximate surface area is 212 Å². The van der Waals surface area contributed by atoms with Gasteiger partial charge in [0.2, 0.25) is 5.91 Å². The fourth-order valence-corrected chi connectivity index (χ4v) is 3.10. The molecule has 0 aromatic heterocycles. The van der Waals surface area contributed by atoms with E-state index >= 15 is 0 Å². The van der Waals surface area contributed by atoms with Gasteiger partial charge in [-0.1, -0.05) is 12.1 Å². The van der Waals surface area contributed by atoms with Crippen LogP contribution in [0.25, 0.3) is 0 Å². The van der Waals surface area contributed by atoms with Crippen LogP contribution in [0.2, 0.25) is 0 Å². The molecule has 0 aliphatic rings. The van der Waals surface area contributed by atoms with E-state index in [2.05, 4.69) is 22.6 Å². The molecular formula is C22H30IN2O5Re-. The van der Waals surface area contributed by atoms with Crippen LogP contribution in [-0.2, 0) is 45.9 Å². The molecule has 1 aromatic carbocycles. The van der Waals surface area contributed by atoms with Gasteiger partial charge in [-0.3, -0.25) is 15.8 Å². The molecule has 31 heavy (non-hydrogen) atoms. The first kappa shape index (κ1) is 29.6. The number of carbonyl (C=O) groups is 3. The van der Waals surface area contributed by atoms with Crippen molar-refractivity contribution in [2.75, 3.05) is 20.7 Å². The molecule has 0 bridgehead atoms. The summed E-state index contributed by atoms with van der Waals surface area (Å²) in [7, 11) is 2.76. The van der Waals surface area contributed by atoms with E-state index in [-0.39, 0.29) is 33.4 Å². The Bertz CT molecular complexity index is 764. The van der Waals surface area contributed by atoms with E-state index in [1.54, 1.807) is 27.7 Å². The van der Waals surface area contributed by atoms with Crippen molar-refractivity contribution in [1.82, 2.24) is 9.80 Å². The topological polar surface area (TPSA) is 76.2 Å². The largest absolute Gasteiger partial charge is 0.516 e. The number of nitrogens with zero attached hydrogens (tertiary/aromatic N) is 2. The Hall–Kier alpha value is -1.44. The van der Waals surface area contributed by atoms with Gasteiger partial charge in [0.1, 0.15) is 17.7 Å². The molecule has 1 rings (SSSR count). The van der Waals surface area contributed by atoms with E-state index in [4.69, 9.17) is 16.1 Å². The molecule has 7 nitrogen and oxygen atoms in total. The number of hydrogen-bond acceptors (Lipinski definition) is 5. The fraction of sp³-hybridized carbons (Fsp3) is 0.500. The van der Waals surface area contributed by atoms with Crippen LogP contribution < -0.4 is 0 Å². The minimum atomic E-state index is -0.896. The second kappa shape index (κ2) is 13.2. The molecule has 2 amide bonds. The van der Waals surface area contributed by atoms with Crippen molar-refractivity contribution in [3.63, 3.8) is 0 Å². The molecule has 0 N–H and O–H groups in total.